The van der Waals surface area contributed by atoms with E-state index >= 15 is 0 Å². The fourth-order valence-electron chi connectivity index (χ4n) is 2.40. The fourth-order valence-corrected chi connectivity index (χ4v) is 3.66. The van der Waals surface area contributed by atoms with Crippen LogP contribution in [-0.4, -0.2) is 40.2 Å². The van der Waals surface area contributed by atoms with Gasteiger partial charge in [0.1, 0.15) is 5.25 Å². The summed E-state index contributed by atoms with van der Waals surface area (Å²) in [6.45, 7) is 4.56. The van der Waals surface area contributed by atoms with Gasteiger partial charge in [0.05, 0.1) is 11.3 Å². The van der Waals surface area contributed by atoms with Gasteiger partial charge < -0.3 is 5.32 Å². The zero-order chi connectivity index (χ0) is 18.6. The second-order valence-electron chi connectivity index (χ2n) is 5.24. The molecule has 1 aliphatic heterocycles. The van der Waals surface area contributed by atoms with Gasteiger partial charge in [0.2, 0.25) is 11.8 Å². The Kier molecular flexibility index (Phi) is 6.10. The molecule has 2 amide bonds. The first-order valence-electron chi connectivity index (χ1n) is 7.76. The molecule has 1 aliphatic rings. The van der Waals surface area contributed by atoms with Crippen LogP contribution >= 0.6 is 11.8 Å². The van der Waals surface area contributed by atoms with E-state index in [0.29, 0.717) is 18.3 Å². The van der Waals surface area contributed by atoms with Crippen molar-refractivity contribution in [3.63, 3.8) is 0 Å². The van der Waals surface area contributed by atoms with Crippen LogP contribution in [0.2, 0.25) is 0 Å². The third-order valence-electron chi connectivity index (χ3n) is 3.51. The highest BCUT2D eigenvalue weighted by molar-refractivity contribution is 8.15. The number of thioether (sulfide) groups is 1. The van der Waals surface area contributed by atoms with Gasteiger partial charge in [-0.2, -0.15) is 13.2 Å². The number of carbonyl (C=O) groups is 2. The number of nitrogens with zero attached hydrogens (tertiary/aromatic N) is 2. The lowest BCUT2D eigenvalue weighted by atomic mass is 10.1. The molecule has 0 spiro atoms. The summed E-state index contributed by atoms with van der Waals surface area (Å²) in [6.07, 6.45) is -4.78. The first-order valence-corrected chi connectivity index (χ1v) is 8.64. The van der Waals surface area contributed by atoms with E-state index in [1.165, 1.54) is 34.9 Å². The van der Waals surface area contributed by atoms with Crippen LogP contribution < -0.4 is 5.32 Å². The van der Waals surface area contributed by atoms with E-state index in [1.807, 2.05) is 6.92 Å². The number of para-hydroxylation sites is 1. The van der Waals surface area contributed by atoms with Crippen molar-refractivity contribution in [2.75, 3.05) is 18.4 Å². The van der Waals surface area contributed by atoms with Crippen molar-refractivity contribution in [2.24, 2.45) is 4.99 Å². The van der Waals surface area contributed by atoms with Gasteiger partial charge in [-0.1, -0.05) is 23.9 Å². The minimum absolute atomic E-state index is 0.213. The molecule has 136 valence electrons. The molecule has 5 nitrogen and oxygen atoms in total. The molecule has 0 radical (unpaired) electrons. The molecular formula is C16H18F3N3O2S. The van der Waals surface area contributed by atoms with Crippen LogP contribution in [0.1, 0.15) is 25.8 Å². The lowest BCUT2D eigenvalue weighted by Gasteiger charge is -2.15. The quantitative estimate of drug-likeness (QED) is 0.861. The summed E-state index contributed by atoms with van der Waals surface area (Å²) < 4.78 is 38.9. The third-order valence-corrected chi connectivity index (χ3v) is 4.72. The van der Waals surface area contributed by atoms with E-state index in [1.54, 1.807) is 6.92 Å². The highest BCUT2D eigenvalue weighted by Crippen LogP contribution is 2.35. The maximum Gasteiger partial charge on any atom is 0.418 e. The largest absolute Gasteiger partial charge is 0.418 e. The maximum absolute atomic E-state index is 13.0. The van der Waals surface area contributed by atoms with Crippen molar-refractivity contribution in [1.29, 1.82) is 0 Å². The lowest BCUT2D eigenvalue weighted by molar-refractivity contribution is -0.137. The van der Waals surface area contributed by atoms with Gasteiger partial charge in [0.25, 0.3) is 0 Å². The standard InChI is InChI=1S/C16H18F3N3O2S/c1-3-20-15-22(4-2)14(24)12(25-15)9-13(23)21-11-8-6-5-7-10(11)16(17,18)19/h5-8,12H,3-4,9H2,1-2H3,(H,21,23). The van der Waals surface area contributed by atoms with Crippen molar-refractivity contribution in [3.8, 4) is 0 Å². The van der Waals surface area contributed by atoms with Gasteiger partial charge in [-0.3, -0.25) is 19.5 Å². The number of carbonyl (C=O) groups excluding carboxylic acids is 2. The van der Waals surface area contributed by atoms with E-state index in [4.69, 9.17) is 0 Å². The summed E-state index contributed by atoms with van der Waals surface area (Å²) in [5.74, 6) is -0.893. The van der Waals surface area contributed by atoms with Crippen LogP contribution in [0.15, 0.2) is 29.3 Å². The van der Waals surface area contributed by atoms with Crippen LogP contribution in [0.5, 0.6) is 0 Å². The molecule has 1 heterocycles. The summed E-state index contributed by atoms with van der Waals surface area (Å²) in [5.41, 5.74) is -1.23. The summed E-state index contributed by atoms with van der Waals surface area (Å²) >= 11 is 1.17. The summed E-state index contributed by atoms with van der Waals surface area (Å²) in [6, 6.07) is 4.75. The number of benzene rings is 1. The van der Waals surface area contributed by atoms with E-state index in [9.17, 15) is 22.8 Å². The van der Waals surface area contributed by atoms with Gasteiger partial charge in [-0.15, -0.1) is 0 Å². The molecule has 1 atom stereocenters. The van der Waals surface area contributed by atoms with Crippen molar-refractivity contribution in [3.05, 3.63) is 29.8 Å². The molecule has 1 fully saturated rings. The Morgan fingerprint density at radius 1 is 1.32 bits per heavy atom. The number of hydrogen-bond acceptors (Lipinski definition) is 4. The Bertz CT molecular complexity index is 691. The highest BCUT2D eigenvalue weighted by Gasteiger charge is 2.38. The zero-order valence-corrected chi connectivity index (χ0v) is 14.6. The Morgan fingerprint density at radius 3 is 2.60 bits per heavy atom. The Morgan fingerprint density at radius 2 is 2.00 bits per heavy atom. The summed E-state index contributed by atoms with van der Waals surface area (Å²) in [4.78, 5) is 30.2. The van der Waals surface area contributed by atoms with E-state index in [0.717, 1.165) is 6.07 Å². The molecule has 0 aliphatic carbocycles. The lowest BCUT2D eigenvalue weighted by Crippen LogP contribution is -2.33. The first kappa shape index (κ1) is 19.3. The number of amides is 2. The van der Waals surface area contributed by atoms with Crippen LogP contribution in [0.3, 0.4) is 0 Å². The van der Waals surface area contributed by atoms with Crippen LogP contribution in [0.25, 0.3) is 0 Å². The fraction of sp³-hybridized carbons (Fsp3) is 0.438. The molecule has 1 N–H and O–H groups in total. The molecule has 1 aromatic rings. The number of hydrogen-bond donors (Lipinski definition) is 1. The number of alkyl halides is 3. The molecule has 0 bridgehead atoms. The second-order valence-corrected chi connectivity index (χ2v) is 6.41. The summed E-state index contributed by atoms with van der Waals surface area (Å²) in [7, 11) is 0. The second kappa shape index (κ2) is 7.90. The number of rotatable bonds is 5. The zero-order valence-electron chi connectivity index (χ0n) is 13.8. The average molecular weight is 373 g/mol. The normalized spacial score (nSPS) is 19.6. The number of aliphatic imine (C=N–C) groups is 1. The molecule has 1 aromatic carbocycles. The van der Waals surface area contributed by atoms with Gasteiger partial charge in [0, 0.05) is 19.5 Å². The molecular weight excluding hydrogens is 355 g/mol. The molecule has 25 heavy (non-hydrogen) atoms. The molecule has 2 rings (SSSR count). The van der Waals surface area contributed by atoms with Crippen molar-refractivity contribution in [1.82, 2.24) is 4.90 Å². The molecule has 9 heteroatoms. The van der Waals surface area contributed by atoms with E-state index in [2.05, 4.69) is 10.3 Å². The van der Waals surface area contributed by atoms with Crippen LogP contribution in [0, 0.1) is 0 Å². The molecule has 1 saturated heterocycles. The summed E-state index contributed by atoms with van der Waals surface area (Å²) in [5, 5.41) is 2.13. The molecule has 0 aromatic heterocycles. The molecule has 1 unspecified atom stereocenters. The number of nitrogens with one attached hydrogen (secondary N) is 1. The van der Waals surface area contributed by atoms with E-state index < -0.39 is 22.9 Å². The number of amidine groups is 1. The third kappa shape index (κ3) is 4.53. The molecule has 0 saturated carbocycles. The Hall–Kier alpha value is -2.03. The van der Waals surface area contributed by atoms with Crippen molar-refractivity contribution >= 4 is 34.4 Å². The smallest absolute Gasteiger partial charge is 0.325 e. The van der Waals surface area contributed by atoms with Gasteiger partial charge in [0.15, 0.2) is 5.17 Å². The van der Waals surface area contributed by atoms with E-state index in [-0.39, 0.29) is 18.0 Å². The van der Waals surface area contributed by atoms with Crippen LogP contribution in [0.4, 0.5) is 18.9 Å². The SMILES string of the molecule is CCN=C1SC(CC(=O)Nc2ccccc2C(F)(F)F)C(=O)N1CC. The van der Waals surface area contributed by atoms with Gasteiger partial charge in [-0.25, -0.2) is 0 Å². The minimum Gasteiger partial charge on any atom is -0.325 e. The van der Waals surface area contributed by atoms with Crippen molar-refractivity contribution in [2.45, 2.75) is 31.7 Å². The topological polar surface area (TPSA) is 61.8 Å². The number of halogens is 3. The first-order chi connectivity index (χ1) is 11.8. The van der Waals surface area contributed by atoms with Crippen LogP contribution in [-0.2, 0) is 15.8 Å². The Labute approximate surface area is 147 Å². The predicted molar refractivity (Wildman–Crippen MR) is 91.4 cm³/mol. The minimum atomic E-state index is -4.57. The number of anilines is 1. The van der Waals surface area contributed by atoms with Crippen molar-refractivity contribution < 1.29 is 22.8 Å². The maximum atomic E-state index is 13.0. The monoisotopic (exact) mass is 373 g/mol. The van der Waals surface area contributed by atoms with Gasteiger partial charge in [-0.05, 0) is 26.0 Å². The highest BCUT2D eigenvalue weighted by atomic mass is 32.2. The Balaban J connectivity index is 2.09. The average Bonchev–Trinajstić information content (AvgIpc) is 2.82. The van der Waals surface area contributed by atoms with Gasteiger partial charge >= 0.3 is 6.18 Å². The predicted octanol–water partition coefficient (Wildman–Crippen LogP) is 3.37.